The van der Waals surface area contributed by atoms with Crippen LogP contribution in [-0.4, -0.2) is 31.1 Å². The summed E-state index contributed by atoms with van der Waals surface area (Å²) >= 11 is 11.9. The van der Waals surface area contributed by atoms with E-state index in [0.717, 1.165) is 26.2 Å². The molecule has 0 aromatic heterocycles. The van der Waals surface area contributed by atoms with E-state index in [1.165, 1.54) is 5.56 Å². The molecule has 0 bridgehead atoms. The fraction of sp³-hybridized carbons (Fsp3) is 0.500. The van der Waals surface area contributed by atoms with Gasteiger partial charge in [0.2, 0.25) is 0 Å². The molecular formula is C12H18Cl4N2. The quantitative estimate of drug-likeness (QED) is 0.886. The van der Waals surface area contributed by atoms with Gasteiger partial charge in [-0.3, -0.25) is 4.90 Å². The molecule has 0 saturated carbocycles. The number of nitrogens with one attached hydrogen (secondary N) is 1. The minimum Gasteiger partial charge on any atom is -0.314 e. The summed E-state index contributed by atoms with van der Waals surface area (Å²) in [5.41, 5.74) is 1.23. The lowest BCUT2D eigenvalue weighted by molar-refractivity contribution is 0.185. The Kier molecular flexibility index (Phi) is 8.61. The Bertz CT molecular complexity index is 367. The summed E-state index contributed by atoms with van der Waals surface area (Å²) in [6.45, 7) is 6.50. The second kappa shape index (κ2) is 8.47. The van der Waals surface area contributed by atoms with Gasteiger partial charge < -0.3 is 5.32 Å². The monoisotopic (exact) mass is 330 g/mol. The van der Waals surface area contributed by atoms with E-state index >= 15 is 0 Å². The van der Waals surface area contributed by atoms with Gasteiger partial charge in [-0.1, -0.05) is 29.3 Å². The third-order valence-electron chi connectivity index (χ3n) is 3.13. The van der Waals surface area contributed by atoms with Gasteiger partial charge in [-0.2, -0.15) is 0 Å². The maximum atomic E-state index is 6.03. The zero-order valence-corrected chi connectivity index (χ0v) is 13.3. The van der Waals surface area contributed by atoms with Gasteiger partial charge in [0.15, 0.2) is 0 Å². The Balaban J connectivity index is 0.00000144. The van der Waals surface area contributed by atoms with Crippen molar-refractivity contribution in [2.75, 3.05) is 26.2 Å². The first-order valence-corrected chi connectivity index (χ1v) is 6.34. The van der Waals surface area contributed by atoms with Crippen molar-refractivity contribution in [2.24, 2.45) is 0 Å². The Morgan fingerprint density at radius 3 is 2.28 bits per heavy atom. The highest BCUT2D eigenvalue weighted by atomic mass is 35.5. The van der Waals surface area contributed by atoms with Crippen LogP contribution in [0.3, 0.4) is 0 Å². The molecule has 6 heteroatoms. The van der Waals surface area contributed by atoms with E-state index in [0.29, 0.717) is 16.1 Å². The first-order chi connectivity index (χ1) is 7.68. The minimum atomic E-state index is 0. The van der Waals surface area contributed by atoms with Gasteiger partial charge in [0.1, 0.15) is 0 Å². The molecule has 1 aromatic rings. The number of nitrogens with zero attached hydrogens (tertiary/aromatic N) is 1. The van der Waals surface area contributed by atoms with Crippen LogP contribution >= 0.6 is 48.0 Å². The Labute approximate surface area is 131 Å². The van der Waals surface area contributed by atoms with Gasteiger partial charge >= 0.3 is 0 Å². The summed E-state index contributed by atoms with van der Waals surface area (Å²) in [6, 6.07) is 6.30. The third-order valence-corrected chi connectivity index (χ3v) is 3.86. The first kappa shape index (κ1) is 18.3. The third kappa shape index (κ3) is 4.44. The average Bonchev–Trinajstić information content (AvgIpc) is 2.33. The van der Waals surface area contributed by atoms with Crippen LogP contribution in [0, 0.1) is 0 Å². The number of halogens is 4. The second-order valence-electron chi connectivity index (χ2n) is 4.14. The molecule has 1 N–H and O–H groups in total. The van der Waals surface area contributed by atoms with Gasteiger partial charge in [-0.15, -0.1) is 24.8 Å². The minimum absolute atomic E-state index is 0. The molecular weight excluding hydrogens is 314 g/mol. The number of rotatable bonds is 2. The molecule has 1 fully saturated rings. The molecule has 104 valence electrons. The fourth-order valence-electron chi connectivity index (χ4n) is 2.05. The summed E-state index contributed by atoms with van der Waals surface area (Å²) in [5.74, 6) is 0. The largest absolute Gasteiger partial charge is 0.314 e. The molecule has 1 atom stereocenters. The zero-order chi connectivity index (χ0) is 11.5. The Morgan fingerprint density at radius 2 is 1.72 bits per heavy atom. The molecule has 0 amide bonds. The average molecular weight is 332 g/mol. The lowest BCUT2D eigenvalue weighted by Crippen LogP contribution is -2.44. The smallest absolute Gasteiger partial charge is 0.0595 e. The van der Waals surface area contributed by atoms with Crippen molar-refractivity contribution < 1.29 is 0 Å². The van der Waals surface area contributed by atoms with Gasteiger partial charge in [0.25, 0.3) is 0 Å². The number of benzene rings is 1. The summed E-state index contributed by atoms with van der Waals surface area (Å²) in [6.07, 6.45) is 0. The van der Waals surface area contributed by atoms with E-state index in [1.54, 1.807) is 0 Å². The molecule has 1 aliphatic heterocycles. The van der Waals surface area contributed by atoms with Crippen LogP contribution < -0.4 is 5.32 Å². The highest BCUT2D eigenvalue weighted by Crippen LogP contribution is 2.28. The SMILES string of the molecule is C[C@H](c1ccc(Cl)c(Cl)c1)N1CCNCC1.Cl.Cl. The van der Waals surface area contributed by atoms with E-state index in [-0.39, 0.29) is 24.8 Å². The van der Waals surface area contributed by atoms with Crippen molar-refractivity contribution in [1.29, 1.82) is 0 Å². The summed E-state index contributed by atoms with van der Waals surface area (Å²) < 4.78 is 0. The van der Waals surface area contributed by atoms with Crippen LogP contribution in [0.15, 0.2) is 18.2 Å². The topological polar surface area (TPSA) is 15.3 Å². The molecule has 0 unspecified atom stereocenters. The van der Waals surface area contributed by atoms with E-state index in [2.05, 4.69) is 23.2 Å². The number of hydrogen-bond acceptors (Lipinski definition) is 2. The van der Waals surface area contributed by atoms with E-state index in [4.69, 9.17) is 23.2 Å². The molecule has 0 spiro atoms. The summed E-state index contributed by atoms with van der Waals surface area (Å²) in [7, 11) is 0. The summed E-state index contributed by atoms with van der Waals surface area (Å²) in [5, 5.41) is 4.62. The molecule has 1 aliphatic rings. The number of piperazine rings is 1. The van der Waals surface area contributed by atoms with Crippen LogP contribution in [0.25, 0.3) is 0 Å². The summed E-state index contributed by atoms with van der Waals surface area (Å²) in [4.78, 5) is 2.45. The highest BCUT2D eigenvalue weighted by molar-refractivity contribution is 6.42. The van der Waals surface area contributed by atoms with Crippen molar-refractivity contribution in [3.8, 4) is 0 Å². The van der Waals surface area contributed by atoms with E-state index < -0.39 is 0 Å². The zero-order valence-electron chi connectivity index (χ0n) is 10.2. The Morgan fingerprint density at radius 1 is 1.11 bits per heavy atom. The van der Waals surface area contributed by atoms with Crippen LogP contribution in [0.4, 0.5) is 0 Å². The van der Waals surface area contributed by atoms with Crippen molar-refractivity contribution in [1.82, 2.24) is 10.2 Å². The van der Waals surface area contributed by atoms with Gasteiger partial charge in [0.05, 0.1) is 10.0 Å². The predicted molar refractivity (Wildman–Crippen MR) is 83.8 cm³/mol. The van der Waals surface area contributed by atoms with Crippen molar-refractivity contribution in [3.05, 3.63) is 33.8 Å². The van der Waals surface area contributed by atoms with Crippen LogP contribution in [-0.2, 0) is 0 Å². The highest BCUT2D eigenvalue weighted by Gasteiger charge is 2.18. The molecule has 0 aliphatic carbocycles. The van der Waals surface area contributed by atoms with Crippen LogP contribution in [0.1, 0.15) is 18.5 Å². The van der Waals surface area contributed by atoms with Gasteiger partial charge in [0, 0.05) is 32.2 Å². The molecule has 2 nitrogen and oxygen atoms in total. The van der Waals surface area contributed by atoms with Gasteiger partial charge in [-0.05, 0) is 24.6 Å². The fourth-order valence-corrected chi connectivity index (χ4v) is 2.36. The standard InChI is InChI=1S/C12H16Cl2N2.2ClH/c1-9(16-6-4-15-5-7-16)10-2-3-11(13)12(14)8-10;;/h2-3,8-9,15H,4-7H2,1H3;2*1H/t9-;;/m1../s1. The lowest BCUT2D eigenvalue weighted by atomic mass is 10.1. The van der Waals surface area contributed by atoms with Crippen molar-refractivity contribution >= 4 is 48.0 Å². The first-order valence-electron chi connectivity index (χ1n) is 5.58. The number of hydrogen-bond donors (Lipinski definition) is 1. The van der Waals surface area contributed by atoms with E-state index in [1.807, 2.05) is 12.1 Å². The predicted octanol–water partition coefficient (Wildman–Crippen LogP) is 3.80. The molecule has 0 radical (unpaired) electrons. The van der Waals surface area contributed by atoms with Gasteiger partial charge in [-0.25, -0.2) is 0 Å². The normalized spacial score (nSPS) is 17.5. The van der Waals surface area contributed by atoms with Crippen molar-refractivity contribution in [2.45, 2.75) is 13.0 Å². The molecule has 1 aromatic carbocycles. The maximum Gasteiger partial charge on any atom is 0.0595 e. The van der Waals surface area contributed by atoms with Crippen LogP contribution in [0.2, 0.25) is 10.0 Å². The molecule has 18 heavy (non-hydrogen) atoms. The molecule has 2 rings (SSSR count). The maximum absolute atomic E-state index is 6.03. The Hall–Kier alpha value is 0.300. The van der Waals surface area contributed by atoms with Crippen LogP contribution in [0.5, 0.6) is 0 Å². The van der Waals surface area contributed by atoms with E-state index in [9.17, 15) is 0 Å². The molecule has 1 heterocycles. The molecule has 1 saturated heterocycles. The second-order valence-corrected chi connectivity index (χ2v) is 4.95. The van der Waals surface area contributed by atoms with Crippen molar-refractivity contribution in [3.63, 3.8) is 0 Å². The lowest BCUT2D eigenvalue weighted by Gasteiger charge is -2.33.